The van der Waals surface area contributed by atoms with Gasteiger partial charge >= 0.3 is 51.9 Å². The maximum absolute atomic E-state index is 10.6. The molecule has 0 aliphatic rings. The van der Waals surface area contributed by atoms with Crippen molar-refractivity contribution >= 4 is 84.1 Å². The zero-order chi connectivity index (χ0) is 53.6. The molecule has 41 heteroatoms. The molecule has 29 N–H and O–H groups in total. The van der Waals surface area contributed by atoms with Crippen molar-refractivity contribution in [1.29, 1.82) is 0 Å². The van der Waals surface area contributed by atoms with Crippen LogP contribution in [0, 0.1) is 10.1 Å². The van der Waals surface area contributed by atoms with Crippen molar-refractivity contribution in [3.8, 4) is 5.75 Å². The van der Waals surface area contributed by atoms with Gasteiger partial charge in [0.1, 0.15) is 5.60 Å². The minimum atomic E-state index is -4.89. The van der Waals surface area contributed by atoms with Crippen molar-refractivity contribution in [3.05, 3.63) is 34.4 Å². The number of hydrogen-bond acceptors (Lipinski definition) is 23. The minimum Gasteiger partial charge on any atom is -0.756 e. The van der Waals surface area contributed by atoms with E-state index in [9.17, 15) is 68.6 Å². The average molecular weight is 1080 g/mol. The molecule has 1 rings (SSSR count). The molecular formula is C29H58N7O32PS. The van der Waals surface area contributed by atoms with E-state index in [-0.39, 0.29) is 68.4 Å². The Kier molecular flexibility index (Phi) is 57.7. The predicted molar refractivity (Wildman–Crippen MR) is 220 cm³/mol. The number of phosphoric acid groups is 1. The van der Waals surface area contributed by atoms with E-state index in [1.54, 1.807) is 0 Å². The number of carboxylic acids is 9. The highest BCUT2D eigenvalue weighted by atomic mass is 32.3. The number of hydrogen-bond donors (Lipinski definition) is 17. The molecule has 0 aliphatic carbocycles. The van der Waals surface area contributed by atoms with Crippen LogP contribution in [0.2, 0.25) is 0 Å². The lowest BCUT2D eigenvalue weighted by atomic mass is 9.96. The number of phenolic OH excluding ortho intramolecular Hbond substituents is 1. The number of nitrogens with zero attached hydrogens (tertiary/aromatic N) is 3. The van der Waals surface area contributed by atoms with Gasteiger partial charge in [-0.3, -0.25) is 67.1 Å². The summed E-state index contributed by atoms with van der Waals surface area (Å²) in [5.74, 6) is -12.9. The third-order valence-electron chi connectivity index (χ3n) is 5.53. The van der Waals surface area contributed by atoms with Gasteiger partial charge in [0.25, 0.3) is 14.3 Å². The second-order valence-electron chi connectivity index (χ2n) is 11.2. The van der Waals surface area contributed by atoms with Crippen molar-refractivity contribution in [1.82, 2.24) is 34.4 Å². The number of nitro groups is 1. The molecule has 0 aliphatic heterocycles. The van der Waals surface area contributed by atoms with Gasteiger partial charge in [0.2, 0.25) is 0 Å². The summed E-state index contributed by atoms with van der Waals surface area (Å²) in [6.45, 7) is -2.50. The number of carbonyl (C=O) groups is 10. The van der Waals surface area contributed by atoms with Crippen LogP contribution in [0.4, 0.5) is 5.69 Å². The summed E-state index contributed by atoms with van der Waals surface area (Å²) in [4.78, 5) is 135. The molecule has 1 aromatic rings. The van der Waals surface area contributed by atoms with Gasteiger partial charge in [-0.1, -0.05) is 12.1 Å². The number of unbranched alkanes of at least 4 members (excludes halogenated alkanes) is 1. The van der Waals surface area contributed by atoms with E-state index < -0.39 is 121 Å². The van der Waals surface area contributed by atoms with Crippen LogP contribution in [-0.2, 0) is 62.9 Å². The van der Waals surface area contributed by atoms with Crippen molar-refractivity contribution in [3.63, 3.8) is 0 Å². The van der Waals surface area contributed by atoms with E-state index in [0.717, 1.165) is 9.80 Å². The zero-order valence-corrected chi connectivity index (χ0v) is 38.9. The number of benzene rings is 1. The molecule has 39 nitrogen and oxygen atoms in total. The summed E-state index contributed by atoms with van der Waals surface area (Å²) >= 11 is 0. The van der Waals surface area contributed by atoms with Gasteiger partial charge in [0.05, 0.1) is 37.1 Å². The normalized spacial score (nSPS) is 9.54. The highest BCUT2D eigenvalue weighted by molar-refractivity contribution is 7.79. The summed E-state index contributed by atoms with van der Waals surface area (Å²) in [6, 6.07) is 5.55. The average Bonchev–Trinajstić information content (AvgIpc) is 3.07. The number of carbonyl (C=O) groups excluding carboxylic acids is 3. The summed E-state index contributed by atoms with van der Waals surface area (Å²) in [5, 5.41) is 115. The van der Waals surface area contributed by atoms with Gasteiger partial charge in [0.15, 0.2) is 5.75 Å². The Hall–Kier alpha value is -7.18. The number of nitro benzene ring substituents is 1. The summed E-state index contributed by atoms with van der Waals surface area (Å²) in [6.07, 6.45) is -1.70. The molecular weight excluding hydrogens is 1020 g/mol. The van der Waals surface area contributed by atoms with Gasteiger partial charge in [-0.05, 0) is 18.9 Å². The Morgan fingerprint density at radius 1 is 0.657 bits per heavy atom. The van der Waals surface area contributed by atoms with Crippen LogP contribution in [0.5, 0.6) is 5.75 Å². The lowest BCUT2D eigenvalue weighted by Crippen LogP contribution is -2.54. The smallest absolute Gasteiger partial charge is 0.394 e. The van der Waals surface area contributed by atoms with E-state index in [4.69, 9.17) is 87.5 Å². The van der Waals surface area contributed by atoms with Crippen LogP contribution in [0.3, 0.4) is 0 Å². The number of rotatable bonds is 22. The van der Waals surface area contributed by atoms with Crippen LogP contribution in [0.1, 0.15) is 38.5 Å². The summed E-state index contributed by atoms with van der Waals surface area (Å²) < 4.78 is 40.4. The first kappa shape index (κ1) is 86.1. The lowest BCUT2D eigenvalue weighted by Gasteiger charge is -2.29. The SMILES string of the molecule is O=C(O)CCCCC(=O)O.O=C(O)CN(CCN(CC(=O)O)CC(=O)O)CC(=O)O.O=C([O-])CC(O)(CC(=O)[O-])C(=O)[O-].O=CO.O=P([O-])(O)O.O=S(=O)(O)O.O=[N+]([O-])c1ccccc1O.[NH4+].[NH4+].[NH4+].[NH4+]. The van der Waals surface area contributed by atoms with Crippen LogP contribution >= 0.6 is 7.82 Å². The monoisotopic (exact) mass is 1080 g/mol. The number of para-hydroxylation sites is 2. The van der Waals surface area contributed by atoms with Crippen LogP contribution in [0.15, 0.2) is 24.3 Å². The molecule has 1 aromatic carbocycles. The molecule has 0 fully saturated rings. The van der Waals surface area contributed by atoms with Gasteiger partial charge in [-0.25, -0.2) is 0 Å². The largest absolute Gasteiger partial charge is 0.756 e. The van der Waals surface area contributed by atoms with Crippen molar-refractivity contribution in [2.24, 2.45) is 0 Å². The topological polar surface area (TPSA) is 773 Å². The fourth-order valence-corrected chi connectivity index (χ4v) is 3.33. The second kappa shape index (κ2) is 46.9. The first-order valence-corrected chi connectivity index (χ1v) is 19.2. The maximum Gasteiger partial charge on any atom is 0.394 e. The predicted octanol–water partition coefficient (Wildman–Crippen LogP) is -6.32. The van der Waals surface area contributed by atoms with E-state index in [2.05, 4.69) is 0 Å². The number of phenols is 1. The van der Waals surface area contributed by atoms with Crippen LogP contribution in [0.25, 0.3) is 0 Å². The Balaban J connectivity index is -0.0000000795. The fraction of sp³-hybridized carbons (Fsp3) is 0.448. The molecule has 0 aromatic heterocycles. The molecule has 0 heterocycles. The minimum absolute atomic E-state index is 0. The Morgan fingerprint density at radius 3 is 1.06 bits per heavy atom. The summed E-state index contributed by atoms with van der Waals surface area (Å²) in [5.41, 5.74) is -3.24. The first-order valence-electron chi connectivity index (χ1n) is 16.3. The molecule has 0 spiro atoms. The lowest BCUT2D eigenvalue weighted by molar-refractivity contribution is -0.385. The molecule has 0 unspecified atom stereocenters. The molecule has 0 amide bonds. The van der Waals surface area contributed by atoms with Crippen LogP contribution < -0.4 is 44.8 Å². The van der Waals surface area contributed by atoms with Gasteiger partial charge in [-0.2, -0.15) is 8.42 Å². The molecule has 70 heavy (non-hydrogen) atoms. The van der Waals surface area contributed by atoms with E-state index in [1.165, 1.54) is 24.3 Å². The first-order chi connectivity index (χ1) is 29.7. The zero-order valence-electron chi connectivity index (χ0n) is 37.1. The fourth-order valence-electron chi connectivity index (χ4n) is 3.33. The molecule has 412 valence electrons. The van der Waals surface area contributed by atoms with Gasteiger partial charge in [0, 0.05) is 56.8 Å². The third-order valence-corrected chi connectivity index (χ3v) is 5.53. The van der Waals surface area contributed by atoms with Gasteiger partial charge in [-0.15, -0.1) is 0 Å². The molecule has 0 saturated heterocycles. The van der Waals surface area contributed by atoms with E-state index in [0.29, 0.717) is 12.8 Å². The molecule has 0 radical (unpaired) electrons. The van der Waals surface area contributed by atoms with E-state index in [1.807, 2.05) is 0 Å². The number of aliphatic carboxylic acids is 9. The standard InChI is InChI=1S/C10H16N2O8.C6H5NO3.C6H8O7.C6H10O4.CH2O2.4H3N.H3O4P.H2O4S/c13-7(14)3-11(4-8(15)16)1-2-12(5-9(17)18)6-10(19)20;8-6-4-2-1-3-5(6)7(9)10;7-3(8)1-6(13,5(11)12)2-4(9)10;7-5(8)3-1-2-4-6(9)10;2-1-3;;;;;2*1-5(2,3)4/h1-6H2,(H,13,14)(H,15,16)(H,17,18)(H,19,20);1-4,8H;13H,1-2H2,(H,7,8)(H,9,10)(H,11,12);1-4H2,(H,7,8)(H,9,10);1H,(H,2,3);4*1H3;(H3,1,2,3,4);(H2,1,2,3,4). The molecule has 0 atom stereocenters. The Bertz CT molecular complexity index is 1780. The van der Waals surface area contributed by atoms with Gasteiger partial charge < -0.3 is 115 Å². The maximum atomic E-state index is 10.6. The number of aromatic hydroxyl groups is 1. The third kappa shape index (κ3) is 81.0. The van der Waals surface area contributed by atoms with Crippen molar-refractivity contribution in [2.75, 3.05) is 39.3 Å². The number of quaternary nitrogens is 4. The highest BCUT2D eigenvalue weighted by Gasteiger charge is 2.29. The number of aliphatic hydroxyl groups is 1. The quantitative estimate of drug-likeness (QED) is 0.0128. The molecule has 0 bridgehead atoms. The Labute approximate surface area is 392 Å². The summed E-state index contributed by atoms with van der Waals surface area (Å²) in [7, 11) is -9.56. The Morgan fingerprint density at radius 2 is 0.900 bits per heavy atom. The van der Waals surface area contributed by atoms with Crippen molar-refractivity contribution in [2.45, 2.75) is 44.1 Å². The molecule has 0 saturated carbocycles. The van der Waals surface area contributed by atoms with Crippen LogP contribution in [-0.4, -0.2) is 193 Å². The second-order valence-corrected chi connectivity index (χ2v) is 13.1. The van der Waals surface area contributed by atoms with Crippen molar-refractivity contribution < 1.29 is 151 Å². The number of carboxylic acid groups (broad SMARTS) is 10. The van der Waals surface area contributed by atoms with E-state index >= 15 is 0 Å². The highest BCUT2D eigenvalue weighted by Crippen LogP contribution is 2.23.